The first-order valence-electron chi connectivity index (χ1n) is 10.3. The molecule has 0 saturated carbocycles. The van der Waals surface area contributed by atoms with Crippen molar-refractivity contribution in [1.29, 1.82) is 0 Å². The number of carboxylic acid groups (broad SMARTS) is 1. The monoisotopic (exact) mass is 446 g/mol. The number of hydrogen-bond acceptors (Lipinski definition) is 6. The largest absolute Gasteiger partial charge is 0.493 e. The molecule has 7 nitrogen and oxygen atoms in total. The minimum atomic E-state index is -0.986. The number of benzene rings is 3. The zero-order chi connectivity index (χ0) is 24.0. The smallest absolute Gasteiger partial charge is 0.343 e. The van der Waals surface area contributed by atoms with Crippen LogP contribution in [0.4, 0.5) is 5.69 Å². The van der Waals surface area contributed by atoms with Crippen LogP contribution in [0.2, 0.25) is 0 Å². The second-order valence-electron chi connectivity index (χ2n) is 8.38. The van der Waals surface area contributed by atoms with Gasteiger partial charge >= 0.3 is 11.9 Å². The van der Waals surface area contributed by atoms with Crippen LogP contribution >= 0.6 is 0 Å². The Kier molecular flexibility index (Phi) is 7.13. The van der Waals surface area contributed by atoms with Gasteiger partial charge in [-0.1, -0.05) is 32.9 Å². The van der Waals surface area contributed by atoms with Gasteiger partial charge in [-0.3, -0.25) is 5.43 Å². The Bertz CT molecular complexity index is 1160. The van der Waals surface area contributed by atoms with Gasteiger partial charge in [-0.05, 0) is 71.1 Å². The van der Waals surface area contributed by atoms with Gasteiger partial charge in [-0.25, -0.2) is 9.59 Å². The molecular weight excluding hydrogens is 420 g/mol. The molecule has 0 unspecified atom stereocenters. The van der Waals surface area contributed by atoms with E-state index in [1.54, 1.807) is 48.7 Å². The van der Waals surface area contributed by atoms with Gasteiger partial charge in [0.15, 0.2) is 11.5 Å². The Hall–Kier alpha value is -4.13. The number of nitrogens with zero attached hydrogens (tertiary/aromatic N) is 1. The molecule has 0 aliphatic rings. The summed E-state index contributed by atoms with van der Waals surface area (Å²) in [6.45, 7) is 6.34. The third-order valence-electron chi connectivity index (χ3n) is 4.92. The summed E-state index contributed by atoms with van der Waals surface area (Å²) in [4.78, 5) is 23.5. The Balaban J connectivity index is 1.67. The molecule has 170 valence electrons. The SMILES string of the molecule is COc1cc(/C=N/Nc2ccc(C(=O)O)cc2)ccc1OC(=O)c1ccc(C(C)(C)C)cc1. The maximum atomic E-state index is 12.6. The highest BCUT2D eigenvalue weighted by molar-refractivity contribution is 5.92. The predicted molar refractivity (Wildman–Crippen MR) is 128 cm³/mol. The first-order valence-corrected chi connectivity index (χ1v) is 10.3. The van der Waals surface area contributed by atoms with Crippen LogP contribution in [-0.2, 0) is 5.41 Å². The fraction of sp³-hybridized carbons (Fsp3) is 0.192. The fourth-order valence-corrected chi connectivity index (χ4v) is 2.98. The molecule has 0 saturated heterocycles. The Morgan fingerprint density at radius 3 is 2.12 bits per heavy atom. The number of carboxylic acids is 1. The van der Waals surface area contributed by atoms with Crippen molar-refractivity contribution in [3.63, 3.8) is 0 Å². The molecule has 0 fully saturated rings. The van der Waals surface area contributed by atoms with E-state index >= 15 is 0 Å². The van der Waals surface area contributed by atoms with Gasteiger partial charge in [-0.15, -0.1) is 0 Å². The predicted octanol–water partition coefficient (Wildman–Crippen LogP) is 5.36. The molecule has 2 N–H and O–H groups in total. The van der Waals surface area contributed by atoms with Crippen molar-refractivity contribution in [3.05, 3.63) is 89.0 Å². The van der Waals surface area contributed by atoms with E-state index in [9.17, 15) is 9.59 Å². The maximum absolute atomic E-state index is 12.6. The summed E-state index contributed by atoms with van der Waals surface area (Å²) in [5.41, 5.74) is 5.98. The molecule has 3 aromatic rings. The zero-order valence-electron chi connectivity index (χ0n) is 19.0. The highest BCUT2D eigenvalue weighted by Gasteiger charge is 2.16. The van der Waals surface area contributed by atoms with Crippen molar-refractivity contribution in [3.8, 4) is 11.5 Å². The first-order chi connectivity index (χ1) is 15.7. The van der Waals surface area contributed by atoms with Crippen LogP contribution in [0.25, 0.3) is 0 Å². The number of carbonyl (C=O) groups excluding carboxylic acids is 1. The van der Waals surface area contributed by atoms with E-state index in [0.717, 1.165) is 11.1 Å². The van der Waals surface area contributed by atoms with Crippen molar-refractivity contribution in [2.75, 3.05) is 12.5 Å². The van der Waals surface area contributed by atoms with Crippen LogP contribution in [0.3, 0.4) is 0 Å². The Morgan fingerprint density at radius 2 is 1.55 bits per heavy atom. The minimum absolute atomic E-state index is 0.000178. The van der Waals surface area contributed by atoms with Gasteiger partial charge in [0.25, 0.3) is 0 Å². The van der Waals surface area contributed by atoms with Crippen LogP contribution in [0, 0.1) is 0 Å². The molecule has 0 aliphatic heterocycles. The van der Waals surface area contributed by atoms with Crippen molar-refractivity contribution < 1.29 is 24.2 Å². The summed E-state index contributed by atoms with van der Waals surface area (Å²) in [5.74, 6) is -0.761. The summed E-state index contributed by atoms with van der Waals surface area (Å²) in [6.07, 6.45) is 1.57. The molecule has 7 heteroatoms. The molecule has 0 atom stereocenters. The molecule has 3 rings (SSSR count). The lowest BCUT2D eigenvalue weighted by atomic mass is 9.87. The summed E-state index contributed by atoms with van der Waals surface area (Å²) in [5, 5.41) is 13.1. The Labute approximate surface area is 192 Å². The summed E-state index contributed by atoms with van der Waals surface area (Å²) < 4.78 is 10.9. The second kappa shape index (κ2) is 9.99. The van der Waals surface area contributed by atoms with Crippen molar-refractivity contribution >= 4 is 23.8 Å². The highest BCUT2D eigenvalue weighted by Crippen LogP contribution is 2.29. The molecular formula is C26H26N2O5. The van der Waals surface area contributed by atoms with Crippen LogP contribution < -0.4 is 14.9 Å². The molecule has 33 heavy (non-hydrogen) atoms. The van der Waals surface area contributed by atoms with E-state index in [-0.39, 0.29) is 11.0 Å². The fourth-order valence-electron chi connectivity index (χ4n) is 2.98. The second-order valence-corrected chi connectivity index (χ2v) is 8.38. The topological polar surface area (TPSA) is 97.2 Å². The van der Waals surface area contributed by atoms with Crippen LogP contribution in [0.15, 0.2) is 71.8 Å². The van der Waals surface area contributed by atoms with Crippen molar-refractivity contribution in [2.24, 2.45) is 5.10 Å². The highest BCUT2D eigenvalue weighted by atomic mass is 16.6. The van der Waals surface area contributed by atoms with Crippen molar-refractivity contribution in [1.82, 2.24) is 0 Å². The number of hydrazone groups is 1. The summed E-state index contributed by atoms with van der Waals surface area (Å²) in [6, 6.07) is 18.7. The average molecular weight is 447 g/mol. The standard InChI is InChI=1S/C26H26N2O5/c1-26(2,3)20-10-6-19(7-11-20)25(31)33-22-14-5-17(15-23(22)32-4)16-27-28-21-12-8-18(9-13-21)24(29)30/h5-16,28H,1-4H3,(H,29,30)/b27-16+. The number of anilines is 1. The molecule has 0 radical (unpaired) electrons. The first kappa shape index (κ1) is 23.5. The lowest BCUT2D eigenvalue weighted by Crippen LogP contribution is -2.13. The average Bonchev–Trinajstić information content (AvgIpc) is 2.79. The number of carbonyl (C=O) groups is 2. The van der Waals surface area contributed by atoms with Crippen LogP contribution in [0.5, 0.6) is 11.5 Å². The molecule has 0 bridgehead atoms. The lowest BCUT2D eigenvalue weighted by molar-refractivity contribution is 0.0694. The summed E-state index contributed by atoms with van der Waals surface area (Å²) >= 11 is 0. The molecule has 0 aromatic heterocycles. The van der Waals surface area contributed by atoms with Crippen LogP contribution in [0.1, 0.15) is 52.6 Å². The lowest BCUT2D eigenvalue weighted by Gasteiger charge is -2.19. The number of ether oxygens (including phenoxy) is 2. The maximum Gasteiger partial charge on any atom is 0.343 e. The van der Waals surface area contributed by atoms with E-state index in [2.05, 4.69) is 31.3 Å². The van der Waals surface area contributed by atoms with Gasteiger partial charge in [0.2, 0.25) is 0 Å². The van der Waals surface area contributed by atoms with E-state index < -0.39 is 11.9 Å². The number of esters is 1. The van der Waals surface area contributed by atoms with Gasteiger partial charge in [0.05, 0.1) is 30.1 Å². The third kappa shape index (κ3) is 6.20. The quantitative estimate of drug-likeness (QED) is 0.220. The molecule has 0 aliphatic carbocycles. The van der Waals surface area contributed by atoms with Gasteiger partial charge in [0.1, 0.15) is 0 Å². The minimum Gasteiger partial charge on any atom is -0.493 e. The van der Waals surface area contributed by atoms with Crippen molar-refractivity contribution in [2.45, 2.75) is 26.2 Å². The third-order valence-corrected chi connectivity index (χ3v) is 4.92. The van der Waals surface area contributed by atoms with Crippen LogP contribution in [-0.4, -0.2) is 30.4 Å². The molecule has 3 aromatic carbocycles. The van der Waals surface area contributed by atoms with Gasteiger partial charge in [0, 0.05) is 0 Å². The number of nitrogens with one attached hydrogen (secondary N) is 1. The zero-order valence-corrected chi connectivity index (χ0v) is 19.0. The van der Waals surface area contributed by atoms with E-state index in [4.69, 9.17) is 14.6 Å². The molecule has 0 heterocycles. The van der Waals surface area contributed by atoms with E-state index in [1.165, 1.54) is 19.2 Å². The number of rotatable bonds is 7. The molecule has 0 amide bonds. The normalized spacial score (nSPS) is 11.3. The number of methoxy groups -OCH3 is 1. The van der Waals surface area contributed by atoms with E-state index in [0.29, 0.717) is 22.7 Å². The van der Waals surface area contributed by atoms with Gasteiger partial charge < -0.3 is 14.6 Å². The number of aromatic carboxylic acids is 1. The Morgan fingerprint density at radius 1 is 0.909 bits per heavy atom. The molecule has 0 spiro atoms. The summed E-state index contributed by atoms with van der Waals surface area (Å²) in [7, 11) is 1.49. The van der Waals surface area contributed by atoms with E-state index in [1.807, 2.05) is 12.1 Å². The van der Waals surface area contributed by atoms with Gasteiger partial charge in [-0.2, -0.15) is 5.10 Å². The number of hydrogen-bond donors (Lipinski definition) is 2.